The van der Waals surface area contributed by atoms with Crippen LogP contribution in [0.5, 0.6) is 11.5 Å². The monoisotopic (exact) mass is 513 g/mol. The zero-order valence-electron chi connectivity index (χ0n) is 19.2. The van der Waals surface area contributed by atoms with Crippen molar-refractivity contribution in [2.24, 2.45) is 0 Å². The molecule has 4 rings (SSSR count). The number of carbonyl (C=O) groups excluding carboxylic acids is 1. The van der Waals surface area contributed by atoms with Crippen LogP contribution in [0.15, 0.2) is 63.5 Å². The van der Waals surface area contributed by atoms with E-state index >= 15 is 0 Å². The zero-order valence-corrected chi connectivity index (χ0v) is 20.8. The van der Waals surface area contributed by atoms with E-state index in [0.717, 1.165) is 15.0 Å². The van der Waals surface area contributed by atoms with Crippen molar-refractivity contribution >= 4 is 39.7 Å². The van der Waals surface area contributed by atoms with E-state index in [1.807, 2.05) is 35.7 Å². The van der Waals surface area contributed by atoms with Crippen LogP contribution in [-0.2, 0) is 24.3 Å². The molecule has 8 nitrogen and oxygen atoms in total. The molecule has 2 heterocycles. The Morgan fingerprint density at radius 2 is 1.83 bits per heavy atom. The third-order valence-electron chi connectivity index (χ3n) is 5.57. The van der Waals surface area contributed by atoms with Crippen molar-refractivity contribution in [2.45, 2.75) is 19.5 Å². The van der Waals surface area contributed by atoms with Gasteiger partial charge in [-0.05, 0) is 53.8 Å². The summed E-state index contributed by atoms with van der Waals surface area (Å²) in [5.41, 5.74) is 0.339. The summed E-state index contributed by atoms with van der Waals surface area (Å²) in [5.74, 6) is 0.899. The Bertz CT molecular complexity index is 1480. The molecular weight excluding hydrogens is 490 g/mol. The number of hydrogen-bond acceptors (Lipinski definition) is 6. The number of amides is 1. The van der Waals surface area contributed by atoms with Crippen LogP contribution in [0.1, 0.15) is 10.4 Å². The number of aromatic nitrogens is 2. The lowest BCUT2D eigenvalue weighted by Crippen LogP contribution is -2.43. The van der Waals surface area contributed by atoms with Crippen molar-refractivity contribution in [3.63, 3.8) is 0 Å². The maximum absolute atomic E-state index is 13.3. The molecule has 0 saturated carbocycles. The Kier molecular flexibility index (Phi) is 7.57. The van der Waals surface area contributed by atoms with Gasteiger partial charge in [-0.15, -0.1) is 11.3 Å². The summed E-state index contributed by atoms with van der Waals surface area (Å²) in [6, 6.07) is 14.0. The van der Waals surface area contributed by atoms with Crippen LogP contribution in [0.25, 0.3) is 10.9 Å². The molecule has 10 heteroatoms. The van der Waals surface area contributed by atoms with Gasteiger partial charge in [-0.25, -0.2) is 4.79 Å². The second-order valence-electron chi connectivity index (χ2n) is 7.79. The van der Waals surface area contributed by atoms with Crippen molar-refractivity contribution in [1.29, 1.82) is 0 Å². The summed E-state index contributed by atoms with van der Waals surface area (Å²) >= 11 is 7.57. The Morgan fingerprint density at radius 3 is 2.54 bits per heavy atom. The van der Waals surface area contributed by atoms with Gasteiger partial charge in [0.15, 0.2) is 11.5 Å². The van der Waals surface area contributed by atoms with Gasteiger partial charge < -0.3 is 14.8 Å². The molecule has 0 fully saturated rings. The van der Waals surface area contributed by atoms with Crippen LogP contribution >= 0.6 is 22.9 Å². The molecular formula is C25H24ClN3O5S. The van der Waals surface area contributed by atoms with E-state index in [-0.39, 0.29) is 24.4 Å². The van der Waals surface area contributed by atoms with Crippen LogP contribution in [-0.4, -0.2) is 35.8 Å². The number of rotatable bonds is 9. The van der Waals surface area contributed by atoms with Crippen molar-refractivity contribution in [3.8, 4) is 11.5 Å². The first-order chi connectivity index (χ1) is 16.9. The lowest BCUT2D eigenvalue weighted by atomic mass is 10.1. The van der Waals surface area contributed by atoms with Gasteiger partial charge in [-0.3, -0.25) is 18.7 Å². The first kappa shape index (κ1) is 24.6. The minimum absolute atomic E-state index is 0.124. The topological polar surface area (TPSA) is 91.6 Å². The molecule has 2 aromatic heterocycles. The smallest absolute Gasteiger partial charge is 0.332 e. The highest BCUT2D eigenvalue weighted by molar-refractivity contribution is 7.09. The molecule has 0 saturated heterocycles. The molecule has 35 heavy (non-hydrogen) atoms. The number of nitrogens with zero attached hydrogens (tertiary/aromatic N) is 2. The molecule has 2 aromatic carbocycles. The number of benzene rings is 2. The lowest BCUT2D eigenvalue weighted by molar-refractivity contribution is -0.121. The highest BCUT2D eigenvalue weighted by Gasteiger charge is 2.16. The number of nitrogens with one attached hydrogen (secondary N) is 1. The lowest BCUT2D eigenvalue weighted by Gasteiger charge is -2.14. The largest absolute Gasteiger partial charge is 0.493 e. The second kappa shape index (κ2) is 10.8. The van der Waals surface area contributed by atoms with Crippen LogP contribution < -0.4 is 26.0 Å². The molecule has 0 atom stereocenters. The van der Waals surface area contributed by atoms with Gasteiger partial charge in [0.2, 0.25) is 5.91 Å². The fourth-order valence-electron chi connectivity index (χ4n) is 3.83. The molecule has 0 aliphatic rings. The van der Waals surface area contributed by atoms with Crippen LogP contribution in [0, 0.1) is 0 Å². The maximum atomic E-state index is 13.3. The first-order valence-electron chi connectivity index (χ1n) is 10.8. The van der Waals surface area contributed by atoms with E-state index in [2.05, 4.69) is 5.32 Å². The van der Waals surface area contributed by atoms with Gasteiger partial charge in [-0.1, -0.05) is 23.7 Å². The molecule has 182 valence electrons. The number of halogens is 1. The molecule has 1 N–H and O–H groups in total. The van der Waals surface area contributed by atoms with E-state index < -0.39 is 11.2 Å². The highest BCUT2D eigenvalue weighted by atomic mass is 35.5. The van der Waals surface area contributed by atoms with E-state index in [0.29, 0.717) is 35.0 Å². The molecule has 0 radical (unpaired) electrons. The summed E-state index contributed by atoms with van der Waals surface area (Å²) in [5, 5.41) is 5.38. The van der Waals surface area contributed by atoms with Crippen LogP contribution in [0.3, 0.4) is 0 Å². The quantitative estimate of drug-likeness (QED) is 0.371. The Morgan fingerprint density at radius 1 is 1.03 bits per heavy atom. The summed E-state index contributed by atoms with van der Waals surface area (Å²) in [4.78, 5) is 40.0. The fraction of sp³-hybridized carbons (Fsp3) is 0.240. The Labute approximate surface area is 210 Å². The number of thiophene rings is 1. The Balaban J connectivity index is 1.55. The zero-order chi connectivity index (χ0) is 24.9. The van der Waals surface area contributed by atoms with Crippen LogP contribution in [0.2, 0.25) is 5.02 Å². The van der Waals surface area contributed by atoms with Crippen molar-refractivity contribution < 1.29 is 14.3 Å². The fourth-order valence-corrected chi connectivity index (χ4v) is 4.69. The summed E-state index contributed by atoms with van der Waals surface area (Å²) < 4.78 is 13.0. The number of methoxy groups -OCH3 is 2. The van der Waals surface area contributed by atoms with E-state index in [9.17, 15) is 14.4 Å². The van der Waals surface area contributed by atoms with Gasteiger partial charge in [0, 0.05) is 16.4 Å². The maximum Gasteiger partial charge on any atom is 0.332 e. The van der Waals surface area contributed by atoms with Crippen molar-refractivity contribution in [1.82, 2.24) is 14.5 Å². The predicted octanol–water partition coefficient (Wildman–Crippen LogP) is 3.30. The summed E-state index contributed by atoms with van der Waals surface area (Å²) in [7, 11) is 3.14. The number of carbonyl (C=O) groups is 1. The van der Waals surface area contributed by atoms with E-state index in [1.165, 1.54) is 22.0 Å². The van der Waals surface area contributed by atoms with Gasteiger partial charge in [0.1, 0.15) is 6.54 Å². The van der Waals surface area contributed by atoms with Crippen LogP contribution in [0.4, 0.5) is 0 Å². The minimum atomic E-state index is -0.548. The van der Waals surface area contributed by atoms with E-state index in [4.69, 9.17) is 21.1 Å². The molecule has 0 unspecified atom stereocenters. The van der Waals surface area contributed by atoms with Gasteiger partial charge >= 0.3 is 5.69 Å². The second-order valence-corrected chi connectivity index (χ2v) is 9.26. The molecule has 0 bridgehead atoms. The average molecular weight is 514 g/mol. The standard InChI is InChI=1S/C25H24ClN3O5S/c1-33-21-8-5-16(12-22(21)34-2)9-10-27-23(30)15-28-20-7-6-17(26)13-19(20)24(31)29(25(28)32)14-18-4-3-11-35-18/h3-8,11-13H,9-10,14-15H2,1-2H3,(H,27,30). The predicted molar refractivity (Wildman–Crippen MR) is 137 cm³/mol. The van der Waals surface area contributed by atoms with Gasteiger partial charge in [-0.2, -0.15) is 0 Å². The third-order valence-corrected chi connectivity index (χ3v) is 6.66. The highest BCUT2D eigenvalue weighted by Crippen LogP contribution is 2.27. The third kappa shape index (κ3) is 5.41. The normalized spacial score (nSPS) is 10.9. The summed E-state index contributed by atoms with van der Waals surface area (Å²) in [6.45, 7) is 0.258. The van der Waals surface area contributed by atoms with Gasteiger partial charge in [0.05, 0.1) is 31.7 Å². The number of fused-ring (bicyclic) bond motifs is 1. The molecule has 4 aromatic rings. The average Bonchev–Trinajstić information content (AvgIpc) is 3.37. The summed E-state index contributed by atoms with van der Waals surface area (Å²) in [6.07, 6.45) is 0.565. The van der Waals surface area contributed by atoms with E-state index in [1.54, 1.807) is 26.4 Å². The van der Waals surface area contributed by atoms with Crippen molar-refractivity contribution in [3.05, 3.63) is 90.2 Å². The van der Waals surface area contributed by atoms with Crippen molar-refractivity contribution in [2.75, 3.05) is 20.8 Å². The molecule has 0 aliphatic carbocycles. The molecule has 0 spiro atoms. The molecule has 0 aliphatic heterocycles. The Hall–Kier alpha value is -3.56. The minimum Gasteiger partial charge on any atom is -0.493 e. The van der Waals surface area contributed by atoms with Gasteiger partial charge in [0.25, 0.3) is 5.56 Å². The SMILES string of the molecule is COc1ccc(CCNC(=O)Cn2c(=O)n(Cc3cccs3)c(=O)c3cc(Cl)ccc32)cc1OC. The molecule has 1 amide bonds. The number of hydrogen-bond donors (Lipinski definition) is 1. The first-order valence-corrected chi connectivity index (χ1v) is 12.1. The number of ether oxygens (including phenoxy) is 2.